The Hall–Kier alpha value is -9.26. The second-order valence-electron chi connectivity index (χ2n) is 22.6. The first-order valence-corrected chi connectivity index (χ1v) is 29.7. The van der Waals surface area contributed by atoms with Gasteiger partial charge in [0.15, 0.2) is 10.9 Å². The summed E-state index contributed by atoms with van der Waals surface area (Å²) in [5.41, 5.74) is 14.3. The highest BCUT2D eigenvalue weighted by Gasteiger charge is 2.23. The lowest BCUT2D eigenvalue weighted by atomic mass is 10.0. The quantitative estimate of drug-likeness (QED) is 0.0584. The van der Waals surface area contributed by atoms with E-state index in [1.165, 1.54) is 43.1 Å². The summed E-state index contributed by atoms with van der Waals surface area (Å²) in [6.07, 6.45) is 17.6. The van der Waals surface area contributed by atoms with Crippen LogP contribution in [0.2, 0.25) is 0 Å². The number of benzene rings is 10. The fourth-order valence-corrected chi connectivity index (χ4v) is 13.6. The van der Waals surface area contributed by atoms with E-state index in [4.69, 9.17) is 0 Å². The Labute approximate surface area is 477 Å². The molecule has 0 atom stereocenters. The first kappa shape index (κ1) is 50.9. The molecule has 82 heavy (non-hydrogen) atoms. The number of pyridine rings is 2. The summed E-state index contributed by atoms with van der Waals surface area (Å²) in [6.45, 7) is 10.1. The Kier molecular flexibility index (Phi) is 13.0. The molecule has 0 radical (unpaired) electrons. The summed E-state index contributed by atoms with van der Waals surface area (Å²) in [6, 6.07) is 65.6. The lowest BCUT2D eigenvalue weighted by Gasteiger charge is -2.19. The van der Waals surface area contributed by atoms with E-state index in [1.54, 1.807) is 0 Å². The molecule has 0 amide bonds. The maximum absolute atomic E-state index is 15.5. The fraction of sp³-hybridized carbons (Fsp3) is 0.184. The number of fused-ring (bicyclic) bond motifs is 14. The highest BCUT2D eigenvalue weighted by molar-refractivity contribution is 6.23. The highest BCUT2D eigenvalue weighted by Crippen LogP contribution is 2.42. The molecule has 0 N–H and O–H groups in total. The molecule has 14 rings (SSSR count). The van der Waals surface area contributed by atoms with Crippen LogP contribution < -0.4 is 10.9 Å². The molecule has 14 aromatic rings. The predicted molar refractivity (Wildman–Crippen MR) is 352 cm³/mol. The molecule has 0 spiro atoms. The SMILES string of the molecule is CC=Cc1cc(-n2c3ccccc3c3c4ccccc4ccc32)c(C=Cc2ccc3c(c2)c(=O)c2cc4c(cc2n3CCCCCC)c(=O)c2cc(C)ccc2n4CCCCCC)cc1-n1c2ccccc2c2c3ccccc3ccc21. The van der Waals surface area contributed by atoms with Crippen LogP contribution in [0.25, 0.3) is 138 Å². The second kappa shape index (κ2) is 21.0. The number of hydrogen-bond acceptors (Lipinski definition) is 2. The van der Waals surface area contributed by atoms with E-state index in [1.807, 2.05) is 18.2 Å². The van der Waals surface area contributed by atoms with Crippen LogP contribution in [-0.2, 0) is 13.1 Å². The van der Waals surface area contributed by atoms with Crippen LogP contribution in [0, 0.1) is 6.92 Å². The summed E-state index contributed by atoms with van der Waals surface area (Å²) in [7, 11) is 0. The van der Waals surface area contributed by atoms with Crippen molar-refractivity contribution in [2.24, 2.45) is 0 Å². The molecule has 0 saturated heterocycles. The number of hydrogen-bond donors (Lipinski definition) is 0. The van der Waals surface area contributed by atoms with Crippen LogP contribution >= 0.6 is 0 Å². The number of para-hydroxylation sites is 2. The van der Waals surface area contributed by atoms with Gasteiger partial charge >= 0.3 is 0 Å². The van der Waals surface area contributed by atoms with Gasteiger partial charge in [0.05, 0.1) is 55.5 Å². The number of rotatable bonds is 15. The summed E-state index contributed by atoms with van der Waals surface area (Å²) in [4.78, 5) is 30.1. The highest BCUT2D eigenvalue weighted by atomic mass is 16.1. The van der Waals surface area contributed by atoms with Crippen molar-refractivity contribution in [1.29, 1.82) is 0 Å². The number of aryl methyl sites for hydroxylation is 3. The van der Waals surface area contributed by atoms with Crippen molar-refractivity contribution < 1.29 is 0 Å². The maximum Gasteiger partial charge on any atom is 0.197 e. The molecular weight excluding hydrogens is 1000 g/mol. The molecule has 0 bridgehead atoms. The van der Waals surface area contributed by atoms with Crippen LogP contribution in [0.3, 0.4) is 0 Å². The average molecular weight is 1070 g/mol. The standard InChI is InChI=1S/C76H66N4O2/c1-5-8-10-20-41-77-63-37-31-49(4)43-59(63)75(81)61-47-72-62(48-71(61)77)76(82)60-44-50(33-38-64(60)78(72)42-21-11-9-6-2)32-34-54-46-69(79-65-29-18-16-27-57(65)73-55-25-14-12-23-51(55)35-39-67(73)79)53(22-7-3)45-70(54)80-66-30-19-17-28-58(66)74-56-26-15-13-24-52(56)36-40-68(74)80/h7,12-19,22-40,43-48H,5-6,8-11,20-21,41-42H2,1-4H3. The fourth-order valence-electron chi connectivity index (χ4n) is 13.6. The minimum absolute atomic E-state index is 0.0176. The van der Waals surface area contributed by atoms with Gasteiger partial charge in [0, 0.05) is 67.3 Å². The van der Waals surface area contributed by atoms with Gasteiger partial charge in [0.2, 0.25) is 0 Å². The molecule has 0 aliphatic rings. The third-order valence-electron chi connectivity index (χ3n) is 17.5. The third-order valence-corrected chi connectivity index (χ3v) is 17.5. The van der Waals surface area contributed by atoms with Crippen molar-refractivity contribution in [3.63, 3.8) is 0 Å². The Morgan fingerprint density at radius 2 is 0.817 bits per heavy atom. The van der Waals surface area contributed by atoms with Crippen molar-refractivity contribution in [3.8, 4) is 11.4 Å². The van der Waals surface area contributed by atoms with Crippen LogP contribution in [0.4, 0.5) is 0 Å². The van der Waals surface area contributed by atoms with Gasteiger partial charge in [0.1, 0.15) is 0 Å². The van der Waals surface area contributed by atoms with Gasteiger partial charge in [-0.3, -0.25) is 9.59 Å². The van der Waals surface area contributed by atoms with Crippen molar-refractivity contribution in [3.05, 3.63) is 231 Å². The number of aromatic nitrogens is 4. The smallest absolute Gasteiger partial charge is 0.197 e. The summed E-state index contributed by atoms with van der Waals surface area (Å²) >= 11 is 0. The molecule has 0 saturated carbocycles. The van der Waals surface area contributed by atoms with Crippen LogP contribution in [0.1, 0.15) is 94.4 Å². The van der Waals surface area contributed by atoms with Crippen molar-refractivity contribution in [2.45, 2.75) is 92.2 Å². The molecular formula is C76H66N4O2. The molecule has 4 heterocycles. The first-order chi connectivity index (χ1) is 40.3. The molecule has 0 fully saturated rings. The minimum atomic E-state index is -0.0176. The Morgan fingerprint density at radius 3 is 1.34 bits per heavy atom. The van der Waals surface area contributed by atoms with Gasteiger partial charge in [-0.15, -0.1) is 0 Å². The summed E-state index contributed by atoms with van der Waals surface area (Å²) < 4.78 is 9.54. The maximum atomic E-state index is 15.5. The molecule has 0 aliphatic carbocycles. The lowest BCUT2D eigenvalue weighted by Crippen LogP contribution is -2.16. The van der Waals surface area contributed by atoms with Crippen molar-refractivity contribution in [1.82, 2.24) is 18.3 Å². The van der Waals surface area contributed by atoms with E-state index in [9.17, 15) is 4.79 Å². The predicted octanol–water partition coefficient (Wildman–Crippen LogP) is 19.8. The Bertz CT molecular complexity index is 5100. The van der Waals surface area contributed by atoms with Gasteiger partial charge in [0.25, 0.3) is 0 Å². The molecule has 4 aromatic heterocycles. The first-order valence-electron chi connectivity index (χ1n) is 29.7. The van der Waals surface area contributed by atoms with E-state index in [-0.39, 0.29) is 10.9 Å². The minimum Gasteiger partial charge on any atom is -0.340 e. The lowest BCUT2D eigenvalue weighted by molar-refractivity contribution is 0.600. The third kappa shape index (κ3) is 8.37. The van der Waals surface area contributed by atoms with E-state index in [2.05, 4.69) is 234 Å². The Morgan fingerprint density at radius 1 is 0.366 bits per heavy atom. The normalized spacial score (nSPS) is 12.4. The van der Waals surface area contributed by atoms with Gasteiger partial charge in [-0.1, -0.05) is 191 Å². The second-order valence-corrected chi connectivity index (χ2v) is 22.6. The molecule has 402 valence electrons. The van der Waals surface area contributed by atoms with Gasteiger partial charge in [-0.2, -0.15) is 0 Å². The summed E-state index contributed by atoms with van der Waals surface area (Å²) in [5, 5.41) is 12.5. The van der Waals surface area contributed by atoms with Crippen LogP contribution in [0.5, 0.6) is 0 Å². The van der Waals surface area contributed by atoms with Gasteiger partial charge in [-0.05, 0) is 127 Å². The Balaban J connectivity index is 1.01. The molecule has 10 aromatic carbocycles. The topological polar surface area (TPSA) is 53.9 Å². The van der Waals surface area contributed by atoms with Crippen LogP contribution in [0.15, 0.2) is 198 Å². The van der Waals surface area contributed by atoms with Crippen LogP contribution in [-0.4, -0.2) is 18.3 Å². The number of allylic oxidation sites excluding steroid dienone is 1. The van der Waals surface area contributed by atoms with Crippen molar-refractivity contribution >= 4 is 127 Å². The monoisotopic (exact) mass is 1070 g/mol. The number of nitrogens with zero attached hydrogens (tertiary/aromatic N) is 4. The van der Waals surface area contributed by atoms with E-state index in [0.29, 0.717) is 16.2 Å². The summed E-state index contributed by atoms with van der Waals surface area (Å²) in [5.74, 6) is 0. The molecule has 6 nitrogen and oxygen atoms in total. The zero-order valence-electron chi connectivity index (χ0n) is 47.3. The largest absolute Gasteiger partial charge is 0.340 e. The molecule has 6 heteroatoms. The number of unbranched alkanes of at least 4 members (excludes halogenated alkanes) is 6. The molecule has 0 aliphatic heterocycles. The van der Waals surface area contributed by atoms with Gasteiger partial charge in [-0.25, -0.2) is 0 Å². The van der Waals surface area contributed by atoms with Crippen molar-refractivity contribution in [2.75, 3.05) is 0 Å². The zero-order chi connectivity index (χ0) is 55.6. The molecule has 0 unspecified atom stereocenters. The average Bonchev–Trinajstić information content (AvgIpc) is 4.19. The zero-order valence-corrected chi connectivity index (χ0v) is 47.3. The van der Waals surface area contributed by atoms with E-state index < -0.39 is 0 Å². The van der Waals surface area contributed by atoms with E-state index >= 15 is 4.79 Å². The van der Waals surface area contributed by atoms with Gasteiger partial charge < -0.3 is 18.3 Å². The van der Waals surface area contributed by atoms with E-state index in [0.717, 1.165) is 148 Å².